The third-order valence-electron chi connectivity index (χ3n) is 4.85. The Bertz CT molecular complexity index is 1320. The highest BCUT2D eigenvalue weighted by atomic mass is 32.2. The van der Waals surface area contributed by atoms with E-state index in [0.717, 1.165) is 33.3 Å². The Morgan fingerprint density at radius 1 is 0.968 bits per heavy atom. The number of anilines is 1. The molecule has 31 heavy (non-hydrogen) atoms. The summed E-state index contributed by atoms with van der Waals surface area (Å²) in [5.41, 5.74) is 2.74. The number of carbonyl (C=O) groups is 1. The highest BCUT2D eigenvalue weighted by molar-refractivity contribution is 7.99. The van der Waals surface area contributed by atoms with Crippen molar-refractivity contribution in [3.8, 4) is 0 Å². The van der Waals surface area contributed by atoms with Crippen LogP contribution in [0.25, 0.3) is 21.8 Å². The molecule has 3 aromatic carbocycles. The lowest BCUT2D eigenvalue weighted by Crippen LogP contribution is -2.14. The van der Waals surface area contributed by atoms with Crippen LogP contribution in [0.2, 0.25) is 0 Å². The number of aromatic nitrogens is 4. The van der Waals surface area contributed by atoms with E-state index in [1.807, 2.05) is 66.7 Å². The van der Waals surface area contributed by atoms with Gasteiger partial charge in [0, 0.05) is 23.9 Å². The first-order valence-electron chi connectivity index (χ1n) is 9.91. The molecular weight excluding hydrogens is 410 g/mol. The van der Waals surface area contributed by atoms with Gasteiger partial charge in [0.05, 0.1) is 16.8 Å². The zero-order valence-corrected chi connectivity index (χ0v) is 17.4. The third kappa shape index (κ3) is 4.44. The Morgan fingerprint density at radius 2 is 1.81 bits per heavy atom. The molecule has 0 atom stereocenters. The molecular formula is C23H19N5O2S. The molecule has 5 aromatic rings. The molecule has 2 aromatic heterocycles. The maximum Gasteiger partial charge on any atom is 0.277 e. The Labute approximate surface area is 182 Å². The lowest BCUT2D eigenvalue weighted by molar-refractivity contribution is -0.113. The Kier molecular flexibility index (Phi) is 5.37. The fourth-order valence-corrected chi connectivity index (χ4v) is 3.98. The number of aromatic amines is 1. The quantitative estimate of drug-likeness (QED) is 0.367. The molecule has 0 unspecified atom stereocenters. The van der Waals surface area contributed by atoms with Crippen molar-refractivity contribution in [1.82, 2.24) is 20.2 Å². The van der Waals surface area contributed by atoms with Crippen molar-refractivity contribution in [2.24, 2.45) is 0 Å². The minimum atomic E-state index is -0.122. The van der Waals surface area contributed by atoms with E-state index >= 15 is 0 Å². The fourth-order valence-electron chi connectivity index (χ4n) is 3.39. The maximum atomic E-state index is 12.4. The second-order valence-electron chi connectivity index (χ2n) is 7.03. The van der Waals surface area contributed by atoms with Gasteiger partial charge in [-0.25, -0.2) is 4.98 Å². The number of thioether (sulfide) groups is 1. The molecule has 8 heteroatoms. The normalized spacial score (nSPS) is 11.2. The predicted molar refractivity (Wildman–Crippen MR) is 121 cm³/mol. The number of hydrogen-bond donors (Lipinski definition) is 2. The van der Waals surface area contributed by atoms with Crippen molar-refractivity contribution in [3.05, 3.63) is 78.4 Å². The molecule has 1 amide bonds. The summed E-state index contributed by atoms with van der Waals surface area (Å²) in [7, 11) is 0. The highest BCUT2D eigenvalue weighted by Crippen LogP contribution is 2.24. The molecule has 2 heterocycles. The summed E-state index contributed by atoms with van der Waals surface area (Å²) in [4.78, 5) is 20.2. The second-order valence-corrected chi connectivity index (χ2v) is 7.95. The van der Waals surface area contributed by atoms with Crippen LogP contribution in [0, 0.1) is 0 Å². The van der Waals surface area contributed by atoms with E-state index in [4.69, 9.17) is 4.42 Å². The molecule has 0 radical (unpaired) electrons. The molecule has 0 fully saturated rings. The lowest BCUT2D eigenvalue weighted by Gasteiger charge is -2.07. The van der Waals surface area contributed by atoms with Gasteiger partial charge >= 0.3 is 0 Å². The van der Waals surface area contributed by atoms with Crippen LogP contribution in [-0.4, -0.2) is 31.8 Å². The molecule has 0 bridgehead atoms. The SMILES string of the molecule is O=C(CSc1nnc(CCc2nc3ccccc3[nH]2)o1)Nc1cccc2ccccc12. The van der Waals surface area contributed by atoms with E-state index in [1.54, 1.807) is 0 Å². The number of nitrogens with one attached hydrogen (secondary N) is 2. The van der Waals surface area contributed by atoms with E-state index in [0.29, 0.717) is 24.0 Å². The van der Waals surface area contributed by atoms with E-state index in [2.05, 4.69) is 25.5 Å². The van der Waals surface area contributed by atoms with Crippen molar-refractivity contribution in [3.63, 3.8) is 0 Å². The number of hydrogen-bond acceptors (Lipinski definition) is 6. The highest BCUT2D eigenvalue weighted by Gasteiger charge is 2.12. The molecule has 0 aliphatic rings. The summed E-state index contributed by atoms with van der Waals surface area (Å²) in [6.45, 7) is 0. The molecule has 0 aliphatic heterocycles. The van der Waals surface area contributed by atoms with Crippen LogP contribution in [0.5, 0.6) is 0 Å². The number of carbonyl (C=O) groups excluding carboxylic acids is 1. The van der Waals surface area contributed by atoms with Gasteiger partial charge in [-0.2, -0.15) is 0 Å². The van der Waals surface area contributed by atoms with Gasteiger partial charge < -0.3 is 14.7 Å². The number of amides is 1. The number of benzene rings is 3. The largest absolute Gasteiger partial charge is 0.416 e. The minimum absolute atomic E-state index is 0.122. The van der Waals surface area contributed by atoms with Gasteiger partial charge in [-0.3, -0.25) is 4.79 Å². The summed E-state index contributed by atoms with van der Waals surface area (Å²) in [5, 5.41) is 13.5. The predicted octanol–water partition coefficient (Wildman–Crippen LogP) is 4.62. The first-order valence-corrected chi connectivity index (χ1v) is 10.9. The minimum Gasteiger partial charge on any atom is -0.416 e. The number of H-pyrrole nitrogens is 1. The number of rotatable bonds is 7. The van der Waals surface area contributed by atoms with Gasteiger partial charge in [0.2, 0.25) is 11.8 Å². The standard InChI is InChI=1S/C23H19N5O2S/c29-21(26-17-11-5-7-15-6-1-2-8-16(15)17)14-31-23-28-27-22(30-23)13-12-20-24-18-9-3-4-10-19(18)25-20/h1-11H,12-14H2,(H,24,25)(H,26,29). The zero-order valence-electron chi connectivity index (χ0n) is 16.5. The van der Waals surface area contributed by atoms with Gasteiger partial charge in [-0.1, -0.05) is 60.3 Å². The van der Waals surface area contributed by atoms with Gasteiger partial charge in [0.15, 0.2) is 0 Å². The summed E-state index contributed by atoms with van der Waals surface area (Å²) in [6, 6.07) is 21.7. The van der Waals surface area contributed by atoms with Crippen LogP contribution in [0.3, 0.4) is 0 Å². The van der Waals surface area contributed by atoms with E-state index in [9.17, 15) is 4.79 Å². The third-order valence-corrected chi connectivity index (χ3v) is 5.67. The van der Waals surface area contributed by atoms with Gasteiger partial charge in [0.25, 0.3) is 5.22 Å². The maximum absolute atomic E-state index is 12.4. The van der Waals surface area contributed by atoms with Crippen LogP contribution in [0.1, 0.15) is 11.7 Å². The molecule has 154 valence electrons. The molecule has 5 rings (SSSR count). The Hall–Kier alpha value is -3.65. The average molecular weight is 430 g/mol. The lowest BCUT2D eigenvalue weighted by atomic mass is 10.1. The van der Waals surface area contributed by atoms with Crippen LogP contribution in [-0.2, 0) is 17.6 Å². The van der Waals surface area contributed by atoms with E-state index < -0.39 is 0 Å². The smallest absolute Gasteiger partial charge is 0.277 e. The topological polar surface area (TPSA) is 96.7 Å². The first kappa shape index (κ1) is 19.3. The zero-order chi connectivity index (χ0) is 21.0. The van der Waals surface area contributed by atoms with Crippen LogP contribution in [0.4, 0.5) is 5.69 Å². The summed E-state index contributed by atoms with van der Waals surface area (Å²) < 4.78 is 5.67. The summed E-state index contributed by atoms with van der Waals surface area (Å²) in [6.07, 6.45) is 1.25. The van der Waals surface area contributed by atoms with E-state index in [1.165, 1.54) is 11.8 Å². The molecule has 2 N–H and O–H groups in total. The van der Waals surface area contributed by atoms with E-state index in [-0.39, 0.29) is 11.7 Å². The van der Waals surface area contributed by atoms with Crippen molar-refractivity contribution in [2.75, 3.05) is 11.1 Å². The van der Waals surface area contributed by atoms with Gasteiger partial charge in [-0.15, -0.1) is 10.2 Å². The second kappa shape index (κ2) is 8.61. The number of fused-ring (bicyclic) bond motifs is 2. The number of nitrogens with zero attached hydrogens (tertiary/aromatic N) is 3. The van der Waals surface area contributed by atoms with Gasteiger partial charge in [0.1, 0.15) is 5.82 Å². The fraction of sp³-hybridized carbons (Fsp3) is 0.130. The average Bonchev–Trinajstić information content (AvgIpc) is 3.43. The summed E-state index contributed by atoms with van der Waals surface area (Å²) >= 11 is 1.22. The van der Waals surface area contributed by atoms with Gasteiger partial charge in [-0.05, 0) is 23.6 Å². The van der Waals surface area contributed by atoms with Crippen molar-refractivity contribution in [1.29, 1.82) is 0 Å². The van der Waals surface area contributed by atoms with Crippen molar-refractivity contribution < 1.29 is 9.21 Å². The number of para-hydroxylation sites is 2. The molecule has 0 saturated carbocycles. The monoisotopic (exact) mass is 429 g/mol. The van der Waals surface area contributed by atoms with Crippen LogP contribution < -0.4 is 5.32 Å². The number of aryl methyl sites for hydroxylation is 2. The van der Waals surface area contributed by atoms with Crippen molar-refractivity contribution in [2.45, 2.75) is 18.1 Å². The Balaban J connectivity index is 1.15. The number of imidazole rings is 1. The molecule has 0 spiro atoms. The summed E-state index contributed by atoms with van der Waals surface area (Å²) in [5.74, 6) is 1.47. The van der Waals surface area contributed by atoms with Crippen LogP contribution in [0.15, 0.2) is 76.4 Å². The van der Waals surface area contributed by atoms with Crippen molar-refractivity contribution >= 4 is 45.2 Å². The molecule has 0 aliphatic carbocycles. The Morgan fingerprint density at radius 3 is 2.74 bits per heavy atom. The molecule has 7 nitrogen and oxygen atoms in total. The first-order chi connectivity index (χ1) is 15.2. The van der Waals surface area contributed by atoms with Crippen LogP contribution >= 0.6 is 11.8 Å². The molecule has 0 saturated heterocycles.